The van der Waals surface area contributed by atoms with Crippen molar-refractivity contribution in [2.45, 2.75) is 20.3 Å². The molecule has 6 heteroatoms. The van der Waals surface area contributed by atoms with Gasteiger partial charge >= 0.3 is 6.01 Å². The first-order valence-corrected chi connectivity index (χ1v) is 6.85. The van der Waals surface area contributed by atoms with Crippen LogP contribution in [0.4, 0.5) is 11.7 Å². The number of nitrogens with one attached hydrogen (secondary N) is 1. The Morgan fingerprint density at radius 3 is 2.56 bits per heavy atom. The van der Waals surface area contributed by atoms with Crippen LogP contribution in [0.1, 0.15) is 17.0 Å². The fourth-order valence-electron chi connectivity index (χ4n) is 1.63. The first-order valence-electron chi connectivity index (χ1n) is 5.52. The summed E-state index contributed by atoms with van der Waals surface area (Å²) < 4.78 is 6.52. The molecule has 2 aromatic rings. The lowest BCUT2D eigenvalue weighted by Gasteiger charge is -2.07. The van der Waals surface area contributed by atoms with E-state index in [-0.39, 0.29) is 0 Å². The van der Waals surface area contributed by atoms with E-state index in [1.807, 2.05) is 26.0 Å². The molecule has 0 saturated carbocycles. The molecule has 0 unspecified atom stereocenters. The van der Waals surface area contributed by atoms with Crippen molar-refractivity contribution in [2.24, 2.45) is 0 Å². The smallest absolute Gasteiger partial charge is 0.320 e. The summed E-state index contributed by atoms with van der Waals surface area (Å²) in [4.78, 5) is 0. The molecule has 0 atom stereocenters. The van der Waals surface area contributed by atoms with E-state index >= 15 is 0 Å². The maximum Gasteiger partial charge on any atom is 0.320 e. The topological polar surface area (TPSA) is 51.0 Å². The molecule has 1 heterocycles. The minimum absolute atomic E-state index is 0.385. The second-order valence-electron chi connectivity index (χ2n) is 3.99. The number of rotatable bonds is 4. The summed E-state index contributed by atoms with van der Waals surface area (Å²) in [5.74, 6) is 1.01. The lowest BCUT2D eigenvalue weighted by Crippen LogP contribution is -1.93. The van der Waals surface area contributed by atoms with E-state index < -0.39 is 0 Å². The minimum atomic E-state index is 0.385. The summed E-state index contributed by atoms with van der Waals surface area (Å²) >= 11 is 9.14. The maximum absolute atomic E-state index is 5.61. The molecule has 0 aliphatic carbocycles. The van der Waals surface area contributed by atoms with E-state index in [1.165, 1.54) is 0 Å². The normalized spacial score (nSPS) is 10.7. The van der Waals surface area contributed by atoms with Crippen molar-refractivity contribution in [1.82, 2.24) is 10.2 Å². The standard InChI is InChI=1S/C12H13BrClN3O/c1-7-5-9(6-8(2)11(7)13)15-12-17-16-10(18-12)3-4-14/h5-6H,3-4H2,1-2H3,(H,15,17). The molecule has 96 valence electrons. The molecule has 0 amide bonds. The fraction of sp³-hybridized carbons (Fsp3) is 0.333. The van der Waals surface area contributed by atoms with Crippen molar-refractivity contribution >= 4 is 39.2 Å². The monoisotopic (exact) mass is 329 g/mol. The number of hydrogen-bond acceptors (Lipinski definition) is 4. The quantitative estimate of drug-likeness (QED) is 0.862. The van der Waals surface area contributed by atoms with Crippen molar-refractivity contribution in [3.05, 3.63) is 33.6 Å². The molecule has 0 radical (unpaired) electrons. The molecular formula is C12H13BrClN3O. The van der Waals surface area contributed by atoms with Crippen LogP contribution < -0.4 is 5.32 Å². The first kappa shape index (κ1) is 13.4. The van der Waals surface area contributed by atoms with E-state index in [0.29, 0.717) is 24.2 Å². The molecule has 1 N–H and O–H groups in total. The van der Waals surface area contributed by atoms with E-state index in [9.17, 15) is 0 Å². The number of anilines is 2. The summed E-state index contributed by atoms with van der Waals surface area (Å²) in [6.07, 6.45) is 0.578. The van der Waals surface area contributed by atoms with E-state index in [1.54, 1.807) is 0 Å². The van der Waals surface area contributed by atoms with Crippen molar-refractivity contribution in [2.75, 3.05) is 11.2 Å². The highest BCUT2D eigenvalue weighted by Gasteiger charge is 2.07. The van der Waals surface area contributed by atoms with E-state index in [4.69, 9.17) is 16.0 Å². The van der Waals surface area contributed by atoms with Crippen LogP contribution in [0.15, 0.2) is 21.0 Å². The third-order valence-corrected chi connectivity index (χ3v) is 3.90. The summed E-state index contributed by atoms with van der Waals surface area (Å²) in [6.45, 7) is 4.07. The Kier molecular flexibility index (Phi) is 4.24. The predicted molar refractivity (Wildman–Crippen MR) is 75.6 cm³/mol. The van der Waals surface area contributed by atoms with Gasteiger partial charge in [0.25, 0.3) is 0 Å². The van der Waals surface area contributed by atoms with Crippen LogP contribution in [-0.2, 0) is 6.42 Å². The summed E-state index contributed by atoms with van der Waals surface area (Å²) in [5, 5.41) is 10.9. The van der Waals surface area contributed by atoms with Gasteiger partial charge in [0.05, 0.1) is 0 Å². The first-order chi connectivity index (χ1) is 8.60. The van der Waals surface area contributed by atoms with Crippen molar-refractivity contribution in [1.29, 1.82) is 0 Å². The molecule has 0 bridgehead atoms. The highest BCUT2D eigenvalue weighted by atomic mass is 79.9. The average Bonchev–Trinajstić information content (AvgIpc) is 2.74. The second kappa shape index (κ2) is 5.71. The third-order valence-electron chi connectivity index (χ3n) is 2.46. The zero-order valence-electron chi connectivity index (χ0n) is 10.1. The van der Waals surface area contributed by atoms with Crippen LogP contribution in [0.25, 0.3) is 0 Å². The predicted octanol–water partition coefficient (Wildman–Crippen LogP) is 3.97. The molecule has 4 nitrogen and oxygen atoms in total. The SMILES string of the molecule is Cc1cc(Nc2nnc(CCCl)o2)cc(C)c1Br. The Morgan fingerprint density at radius 1 is 1.28 bits per heavy atom. The fourth-order valence-corrected chi connectivity index (χ4v) is 2.02. The molecule has 0 fully saturated rings. The van der Waals surface area contributed by atoms with Gasteiger partial charge in [0.1, 0.15) is 0 Å². The van der Waals surface area contributed by atoms with Crippen LogP contribution in [0.3, 0.4) is 0 Å². The lowest BCUT2D eigenvalue weighted by atomic mass is 10.1. The van der Waals surface area contributed by atoms with Gasteiger partial charge < -0.3 is 9.73 Å². The third kappa shape index (κ3) is 3.03. The average molecular weight is 331 g/mol. The van der Waals surface area contributed by atoms with E-state index in [2.05, 4.69) is 31.4 Å². The summed E-state index contributed by atoms with van der Waals surface area (Å²) in [6, 6.07) is 4.42. The van der Waals surface area contributed by atoms with Crippen LogP contribution in [0.2, 0.25) is 0 Å². The largest absolute Gasteiger partial charge is 0.408 e. The van der Waals surface area contributed by atoms with Gasteiger partial charge in [-0.1, -0.05) is 21.0 Å². The Morgan fingerprint density at radius 2 is 1.94 bits per heavy atom. The number of nitrogens with zero attached hydrogens (tertiary/aromatic N) is 2. The van der Waals surface area contributed by atoms with E-state index in [0.717, 1.165) is 21.3 Å². The van der Waals surface area contributed by atoms with Crippen LogP contribution in [0.5, 0.6) is 0 Å². The number of aromatic nitrogens is 2. The molecule has 1 aromatic heterocycles. The lowest BCUT2D eigenvalue weighted by molar-refractivity contribution is 0.516. The van der Waals surface area contributed by atoms with Crippen LogP contribution in [-0.4, -0.2) is 16.1 Å². The number of aryl methyl sites for hydroxylation is 3. The molecule has 18 heavy (non-hydrogen) atoms. The molecule has 2 rings (SSSR count). The maximum atomic E-state index is 5.61. The van der Waals surface area contributed by atoms with Crippen molar-refractivity contribution < 1.29 is 4.42 Å². The van der Waals surface area contributed by atoms with Crippen LogP contribution >= 0.6 is 27.5 Å². The van der Waals surface area contributed by atoms with Gasteiger partial charge in [0, 0.05) is 22.5 Å². The number of alkyl halides is 1. The molecule has 0 saturated heterocycles. The molecule has 1 aromatic carbocycles. The van der Waals surface area contributed by atoms with Gasteiger partial charge in [-0.25, -0.2) is 0 Å². The second-order valence-corrected chi connectivity index (χ2v) is 5.16. The zero-order valence-corrected chi connectivity index (χ0v) is 12.5. The van der Waals surface area contributed by atoms with Crippen LogP contribution in [0, 0.1) is 13.8 Å². The molecule has 0 spiro atoms. The number of halogens is 2. The Balaban J connectivity index is 2.17. The molecule has 0 aliphatic rings. The van der Waals surface area contributed by atoms with Gasteiger partial charge in [-0.3, -0.25) is 0 Å². The molecule has 0 aliphatic heterocycles. The highest BCUT2D eigenvalue weighted by Crippen LogP contribution is 2.26. The Labute approximate surface area is 119 Å². The summed E-state index contributed by atoms with van der Waals surface area (Å²) in [5.41, 5.74) is 3.23. The van der Waals surface area contributed by atoms with Gasteiger partial charge in [-0.05, 0) is 37.1 Å². The number of hydrogen-bond donors (Lipinski definition) is 1. The molecular weight excluding hydrogens is 318 g/mol. The summed E-state index contributed by atoms with van der Waals surface area (Å²) in [7, 11) is 0. The minimum Gasteiger partial charge on any atom is -0.408 e. The van der Waals surface area contributed by atoms with Gasteiger partial charge in [-0.2, -0.15) is 0 Å². The number of benzene rings is 1. The van der Waals surface area contributed by atoms with Crippen molar-refractivity contribution in [3.63, 3.8) is 0 Å². The van der Waals surface area contributed by atoms with Gasteiger partial charge in [0.2, 0.25) is 5.89 Å². The van der Waals surface area contributed by atoms with Gasteiger partial charge in [0.15, 0.2) is 0 Å². The highest BCUT2D eigenvalue weighted by molar-refractivity contribution is 9.10. The Bertz CT molecular complexity index is 533. The van der Waals surface area contributed by atoms with Crippen molar-refractivity contribution in [3.8, 4) is 0 Å². The van der Waals surface area contributed by atoms with Gasteiger partial charge in [-0.15, -0.1) is 16.7 Å². The zero-order chi connectivity index (χ0) is 13.1. The Hall–Kier alpha value is -1.07.